The third kappa shape index (κ3) is 2.71. The smallest absolute Gasteiger partial charge is 0.162 e. The molecular formula is C25H21N7. The minimum absolute atomic E-state index is 0.0497. The molecule has 3 aromatic heterocycles. The molecule has 7 heteroatoms. The first-order valence-corrected chi connectivity index (χ1v) is 10.7. The number of rotatable bonds is 4. The Morgan fingerprint density at radius 1 is 1.00 bits per heavy atom. The van der Waals surface area contributed by atoms with E-state index in [0.717, 1.165) is 52.0 Å². The van der Waals surface area contributed by atoms with Gasteiger partial charge in [0.05, 0.1) is 12.2 Å². The zero-order valence-corrected chi connectivity index (χ0v) is 17.8. The molecular weight excluding hydrogens is 398 g/mol. The van der Waals surface area contributed by atoms with E-state index < -0.39 is 0 Å². The van der Waals surface area contributed by atoms with Crippen molar-refractivity contribution in [1.82, 2.24) is 29.7 Å². The third-order valence-electron chi connectivity index (χ3n) is 6.02. The van der Waals surface area contributed by atoms with Crippen LogP contribution in [-0.4, -0.2) is 29.7 Å². The van der Waals surface area contributed by atoms with Crippen LogP contribution in [0.4, 0.5) is 5.82 Å². The number of hydrogen-bond acceptors (Lipinski definition) is 6. The quantitative estimate of drug-likeness (QED) is 0.472. The van der Waals surface area contributed by atoms with Gasteiger partial charge in [-0.1, -0.05) is 43.3 Å². The summed E-state index contributed by atoms with van der Waals surface area (Å²) >= 11 is 0. The van der Waals surface area contributed by atoms with E-state index in [2.05, 4.69) is 55.9 Å². The van der Waals surface area contributed by atoms with E-state index >= 15 is 0 Å². The molecule has 1 aliphatic heterocycles. The number of benzene rings is 1. The average Bonchev–Trinajstić information content (AvgIpc) is 3.20. The van der Waals surface area contributed by atoms with Gasteiger partial charge in [0.25, 0.3) is 0 Å². The lowest BCUT2D eigenvalue weighted by molar-refractivity contribution is 0.574. The second-order valence-electron chi connectivity index (χ2n) is 7.88. The lowest BCUT2D eigenvalue weighted by atomic mass is 10.0. The zero-order chi connectivity index (χ0) is 21.7. The third-order valence-corrected chi connectivity index (χ3v) is 6.02. The zero-order valence-electron chi connectivity index (χ0n) is 17.8. The molecule has 0 N–H and O–H groups in total. The predicted octanol–water partition coefficient (Wildman–Crippen LogP) is 4.82. The number of pyridine rings is 1. The highest BCUT2D eigenvalue weighted by Crippen LogP contribution is 2.43. The minimum Gasteiger partial charge on any atom is -0.314 e. The van der Waals surface area contributed by atoms with Crippen molar-refractivity contribution < 1.29 is 0 Å². The average molecular weight is 419 g/mol. The molecule has 156 valence electrons. The van der Waals surface area contributed by atoms with Crippen LogP contribution >= 0.6 is 0 Å². The van der Waals surface area contributed by atoms with Crippen LogP contribution in [0.5, 0.6) is 0 Å². The van der Waals surface area contributed by atoms with Crippen LogP contribution in [0.1, 0.15) is 31.0 Å². The van der Waals surface area contributed by atoms with Gasteiger partial charge in [-0.15, -0.1) is 10.2 Å². The Kier molecular flexibility index (Phi) is 4.21. The molecule has 0 amide bonds. The Labute approximate surface area is 185 Å². The van der Waals surface area contributed by atoms with Crippen molar-refractivity contribution in [2.45, 2.75) is 26.3 Å². The Balaban J connectivity index is 1.57. The molecule has 1 aliphatic carbocycles. The Hall–Kier alpha value is -4.13. The van der Waals surface area contributed by atoms with Gasteiger partial charge in [0, 0.05) is 29.2 Å². The van der Waals surface area contributed by atoms with E-state index in [1.165, 1.54) is 0 Å². The molecule has 2 aliphatic rings. The second-order valence-corrected chi connectivity index (χ2v) is 7.88. The summed E-state index contributed by atoms with van der Waals surface area (Å²) in [5, 5.41) is 8.84. The van der Waals surface area contributed by atoms with Gasteiger partial charge < -0.3 is 4.90 Å². The lowest BCUT2D eigenvalue weighted by Gasteiger charge is -2.38. The van der Waals surface area contributed by atoms with Gasteiger partial charge in [-0.2, -0.15) is 0 Å². The van der Waals surface area contributed by atoms with E-state index in [1.54, 1.807) is 6.20 Å². The first-order valence-electron chi connectivity index (χ1n) is 10.7. The van der Waals surface area contributed by atoms with Crippen molar-refractivity contribution in [2.24, 2.45) is 0 Å². The molecule has 6 rings (SSSR count). The molecule has 1 aromatic carbocycles. The summed E-state index contributed by atoms with van der Waals surface area (Å²) in [5.41, 5.74) is 5.06. The number of aromatic nitrogens is 6. The monoisotopic (exact) mass is 419 g/mol. The molecule has 0 saturated carbocycles. The summed E-state index contributed by atoms with van der Waals surface area (Å²) in [6.07, 6.45) is 12.7. The van der Waals surface area contributed by atoms with Crippen LogP contribution in [0.2, 0.25) is 0 Å². The van der Waals surface area contributed by atoms with E-state index in [-0.39, 0.29) is 6.04 Å². The van der Waals surface area contributed by atoms with Gasteiger partial charge in [0.1, 0.15) is 11.5 Å². The van der Waals surface area contributed by atoms with E-state index in [4.69, 9.17) is 9.97 Å². The summed E-state index contributed by atoms with van der Waals surface area (Å²) in [5.74, 6) is 3.29. The van der Waals surface area contributed by atoms with Gasteiger partial charge in [-0.3, -0.25) is 9.55 Å². The summed E-state index contributed by atoms with van der Waals surface area (Å²) < 4.78 is 2.08. The number of fused-ring (bicyclic) bond motifs is 3. The molecule has 0 radical (unpaired) electrons. The SMILES string of the molecule is CC[C@@H]1c2nnc(C)n2-c2cnc(-c3ccncc3-c3ccccc3)nc2N1C1=CC=C1. The fourth-order valence-electron chi connectivity index (χ4n) is 4.43. The number of nitrogens with zero attached hydrogens (tertiary/aromatic N) is 7. The molecule has 0 saturated heterocycles. The van der Waals surface area contributed by atoms with Crippen molar-refractivity contribution in [1.29, 1.82) is 0 Å². The first kappa shape index (κ1) is 18.6. The summed E-state index contributed by atoms with van der Waals surface area (Å²) in [6, 6.07) is 12.2. The fraction of sp³-hybridized carbons (Fsp3) is 0.160. The summed E-state index contributed by atoms with van der Waals surface area (Å²) in [4.78, 5) is 16.5. The van der Waals surface area contributed by atoms with E-state index in [0.29, 0.717) is 5.82 Å². The van der Waals surface area contributed by atoms with Crippen LogP contribution in [0.25, 0.3) is 28.2 Å². The molecule has 7 nitrogen and oxygen atoms in total. The van der Waals surface area contributed by atoms with Crippen LogP contribution in [-0.2, 0) is 0 Å². The Morgan fingerprint density at radius 3 is 2.59 bits per heavy atom. The maximum atomic E-state index is 5.11. The van der Waals surface area contributed by atoms with E-state index in [9.17, 15) is 0 Å². The largest absolute Gasteiger partial charge is 0.314 e. The van der Waals surface area contributed by atoms with Crippen LogP contribution in [0.3, 0.4) is 0 Å². The van der Waals surface area contributed by atoms with Crippen molar-refractivity contribution in [2.75, 3.05) is 4.90 Å². The number of allylic oxidation sites excluding steroid dienone is 3. The van der Waals surface area contributed by atoms with Crippen molar-refractivity contribution in [3.8, 4) is 28.2 Å². The fourth-order valence-corrected chi connectivity index (χ4v) is 4.43. The molecule has 4 heterocycles. The van der Waals surface area contributed by atoms with Gasteiger partial charge in [0.2, 0.25) is 0 Å². The molecule has 32 heavy (non-hydrogen) atoms. The number of hydrogen-bond donors (Lipinski definition) is 0. The topological polar surface area (TPSA) is 72.6 Å². The van der Waals surface area contributed by atoms with Gasteiger partial charge in [-0.25, -0.2) is 9.97 Å². The van der Waals surface area contributed by atoms with Crippen LogP contribution in [0, 0.1) is 6.92 Å². The molecule has 0 spiro atoms. The summed E-state index contributed by atoms with van der Waals surface area (Å²) in [6.45, 7) is 4.13. The van der Waals surface area contributed by atoms with Gasteiger partial charge >= 0.3 is 0 Å². The van der Waals surface area contributed by atoms with Crippen molar-refractivity contribution >= 4 is 5.82 Å². The molecule has 0 bridgehead atoms. The van der Waals surface area contributed by atoms with Crippen molar-refractivity contribution in [3.05, 3.63) is 90.6 Å². The Morgan fingerprint density at radius 2 is 1.84 bits per heavy atom. The van der Waals surface area contributed by atoms with Crippen LogP contribution < -0.4 is 4.90 Å². The molecule has 0 fully saturated rings. The van der Waals surface area contributed by atoms with Crippen LogP contribution in [0.15, 0.2) is 78.9 Å². The lowest BCUT2D eigenvalue weighted by Crippen LogP contribution is -2.36. The van der Waals surface area contributed by atoms with E-state index in [1.807, 2.05) is 49.7 Å². The second kappa shape index (κ2) is 7.23. The van der Waals surface area contributed by atoms with Gasteiger partial charge in [0.15, 0.2) is 17.5 Å². The molecule has 1 atom stereocenters. The van der Waals surface area contributed by atoms with Gasteiger partial charge in [-0.05, 0) is 37.1 Å². The summed E-state index contributed by atoms with van der Waals surface area (Å²) in [7, 11) is 0. The minimum atomic E-state index is 0.0497. The number of aryl methyl sites for hydroxylation is 1. The number of anilines is 1. The highest BCUT2D eigenvalue weighted by Gasteiger charge is 2.36. The highest BCUT2D eigenvalue weighted by atomic mass is 15.4. The van der Waals surface area contributed by atoms with Crippen molar-refractivity contribution in [3.63, 3.8) is 0 Å². The maximum Gasteiger partial charge on any atom is 0.162 e. The standard InChI is InChI=1S/C25H21N7/c1-3-21-25-30-29-16(2)31(25)22-15-27-23(28-24(22)32(21)18-10-7-11-18)19-12-13-26-14-20(19)17-8-5-4-6-9-17/h4-15,21H,3H2,1-2H3/t21-/m1/s1. The molecule has 4 aromatic rings. The maximum absolute atomic E-state index is 5.11. The first-order chi connectivity index (χ1) is 15.8. The molecule has 0 unspecified atom stereocenters. The predicted molar refractivity (Wildman–Crippen MR) is 123 cm³/mol. The normalized spacial score (nSPS) is 16.2. The Bertz CT molecular complexity index is 1380. The highest BCUT2D eigenvalue weighted by molar-refractivity contribution is 5.81.